The minimum atomic E-state index is -0.104. The van der Waals surface area contributed by atoms with E-state index in [2.05, 4.69) is 0 Å². The van der Waals surface area contributed by atoms with Crippen LogP contribution in [-0.4, -0.2) is 18.7 Å². The molecule has 0 spiro atoms. The van der Waals surface area contributed by atoms with Gasteiger partial charge in [-0.2, -0.15) is 0 Å². The van der Waals surface area contributed by atoms with Crippen LogP contribution in [0.2, 0.25) is 0 Å². The molecule has 0 atom stereocenters. The van der Waals surface area contributed by atoms with E-state index in [4.69, 9.17) is 4.74 Å². The molecule has 0 saturated heterocycles. The molecule has 2 aromatic rings. The molecule has 0 N–H and O–H groups in total. The lowest BCUT2D eigenvalue weighted by atomic mass is 9.99. The number of carbonyl (C=O) groups is 2. The summed E-state index contributed by atoms with van der Waals surface area (Å²) >= 11 is 0. The summed E-state index contributed by atoms with van der Waals surface area (Å²) in [4.78, 5) is 23.8. The summed E-state index contributed by atoms with van der Waals surface area (Å²) in [6.07, 6.45) is 2.31. The van der Waals surface area contributed by atoms with E-state index in [0.717, 1.165) is 29.7 Å². The van der Waals surface area contributed by atoms with Crippen LogP contribution in [0.4, 0.5) is 0 Å². The van der Waals surface area contributed by atoms with Gasteiger partial charge in [0.1, 0.15) is 11.5 Å². The van der Waals surface area contributed by atoms with E-state index in [-0.39, 0.29) is 18.0 Å². The van der Waals surface area contributed by atoms with Gasteiger partial charge in [-0.25, -0.2) is 0 Å². The summed E-state index contributed by atoms with van der Waals surface area (Å²) in [6, 6.07) is 15.1. The third kappa shape index (κ3) is 4.78. The van der Waals surface area contributed by atoms with Gasteiger partial charge in [-0.1, -0.05) is 49.7 Å². The van der Waals surface area contributed by atoms with Gasteiger partial charge >= 0.3 is 0 Å². The summed E-state index contributed by atoms with van der Waals surface area (Å²) in [6.45, 7) is 2.03. The fraction of sp³-hybridized carbons (Fsp3) is 0.300. The average Bonchev–Trinajstić information content (AvgIpc) is 2.60. The molecular formula is C20H22O3. The highest BCUT2D eigenvalue weighted by Gasteiger charge is 2.11. The number of unbranched alkanes of at least 4 members (excludes halogenated alkanes) is 1. The molecule has 0 fully saturated rings. The summed E-state index contributed by atoms with van der Waals surface area (Å²) in [5, 5.41) is 0. The van der Waals surface area contributed by atoms with E-state index in [1.54, 1.807) is 19.2 Å². The average molecular weight is 310 g/mol. The number of Topliss-reactive ketones (excluding diaryl/α,β-unsaturated/α-hetero) is 2. The first-order chi connectivity index (χ1) is 11.1. The van der Waals surface area contributed by atoms with Crippen LogP contribution in [0.3, 0.4) is 0 Å². The Morgan fingerprint density at radius 2 is 1.48 bits per heavy atom. The number of ketones is 2. The zero-order valence-corrected chi connectivity index (χ0v) is 13.7. The van der Waals surface area contributed by atoms with Crippen molar-refractivity contribution in [1.29, 1.82) is 0 Å². The highest BCUT2D eigenvalue weighted by atomic mass is 16.5. The Morgan fingerprint density at radius 1 is 0.913 bits per heavy atom. The first kappa shape index (κ1) is 16.9. The Morgan fingerprint density at radius 3 is 2.00 bits per heavy atom. The molecule has 0 unspecified atom stereocenters. The summed E-state index contributed by atoms with van der Waals surface area (Å²) in [7, 11) is 1.64. The first-order valence-corrected chi connectivity index (χ1v) is 7.93. The standard InChI is InChI=1S/C20H22O3/c1-3-4-5-18(21)14-20(22)17-8-6-15(7-9-17)16-10-12-19(23-2)13-11-16/h6-13H,3-5,14H2,1-2H3. The van der Waals surface area contributed by atoms with Gasteiger partial charge in [-0.15, -0.1) is 0 Å². The van der Waals surface area contributed by atoms with E-state index in [1.807, 2.05) is 43.3 Å². The Balaban J connectivity index is 2.03. The SMILES string of the molecule is CCCCC(=O)CC(=O)c1ccc(-c2ccc(OC)cc2)cc1. The maximum atomic E-state index is 12.1. The van der Waals surface area contributed by atoms with E-state index < -0.39 is 0 Å². The molecule has 0 saturated carbocycles. The molecule has 0 aromatic heterocycles. The first-order valence-electron chi connectivity index (χ1n) is 7.93. The topological polar surface area (TPSA) is 43.4 Å². The van der Waals surface area contributed by atoms with Crippen molar-refractivity contribution in [3.8, 4) is 16.9 Å². The van der Waals surface area contributed by atoms with Crippen molar-refractivity contribution < 1.29 is 14.3 Å². The van der Waals surface area contributed by atoms with E-state index in [1.165, 1.54) is 0 Å². The molecule has 0 aliphatic carbocycles. The minimum absolute atomic E-state index is 0.00187. The fourth-order valence-corrected chi connectivity index (χ4v) is 2.38. The molecular weight excluding hydrogens is 288 g/mol. The number of hydrogen-bond acceptors (Lipinski definition) is 3. The van der Waals surface area contributed by atoms with Gasteiger partial charge in [0.05, 0.1) is 13.5 Å². The smallest absolute Gasteiger partial charge is 0.170 e. The Hall–Kier alpha value is -2.42. The molecule has 120 valence electrons. The van der Waals surface area contributed by atoms with Gasteiger partial charge in [0.15, 0.2) is 5.78 Å². The van der Waals surface area contributed by atoms with Crippen LogP contribution in [0.1, 0.15) is 43.0 Å². The maximum absolute atomic E-state index is 12.1. The van der Waals surface area contributed by atoms with Gasteiger partial charge in [-0.3, -0.25) is 9.59 Å². The van der Waals surface area contributed by atoms with E-state index in [9.17, 15) is 9.59 Å². The highest BCUT2D eigenvalue weighted by Crippen LogP contribution is 2.23. The number of benzene rings is 2. The van der Waals surface area contributed by atoms with Crippen LogP contribution in [0.25, 0.3) is 11.1 Å². The van der Waals surface area contributed by atoms with Crippen molar-refractivity contribution in [2.24, 2.45) is 0 Å². The zero-order valence-electron chi connectivity index (χ0n) is 13.7. The van der Waals surface area contributed by atoms with Gasteiger partial charge < -0.3 is 4.74 Å². The van der Waals surface area contributed by atoms with Gasteiger partial charge in [0.2, 0.25) is 0 Å². The summed E-state index contributed by atoms with van der Waals surface area (Å²) < 4.78 is 5.14. The van der Waals surface area contributed by atoms with Crippen molar-refractivity contribution in [3.63, 3.8) is 0 Å². The lowest BCUT2D eigenvalue weighted by molar-refractivity contribution is -0.118. The van der Waals surface area contributed by atoms with Crippen LogP contribution in [0, 0.1) is 0 Å². The van der Waals surface area contributed by atoms with Gasteiger partial charge in [0.25, 0.3) is 0 Å². The molecule has 3 nitrogen and oxygen atoms in total. The quantitative estimate of drug-likeness (QED) is 0.524. The molecule has 0 aliphatic rings. The molecule has 3 heteroatoms. The normalized spacial score (nSPS) is 10.3. The summed E-state index contributed by atoms with van der Waals surface area (Å²) in [5.74, 6) is 0.731. The monoisotopic (exact) mass is 310 g/mol. The highest BCUT2D eigenvalue weighted by molar-refractivity contribution is 6.08. The number of methoxy groups -OCH3 is 1. The second-order valence-corrected chi connectivity index (χ2v) is 5.55. The number of ether oxygens (including phenoxy) is 1. The summed E-state index contributed by atoms with van der Waals surface area (Å²) in [5.41, 5.74) is 2.68. The van der Waals surface area contributed by atoms with Crippen molar-refractivity contribution in [2.45, 2.75) is 32.6 Å². The number of carbonyl (C=O) groups excluding carboxylic acids is 2. The second-order valence-electron chi connectivity index (χ2n) is 5.55. The molecule has 0 radical (unpaired) electrons. The third-order valence-electron chi connectivity index (χ3n) is 3.80. The van der Waals surface area contributed by atoms with Crippen molar-refractivity contribution in [3.05, 3.63) is 54.1 Å². The van der Waals surface area contributed by atoms with E-state index >= 15 is 0 Å². The predicted molar refractivity (Wildman–Crippen MR) is 91.9 cm³/mol. The Labute approximate surface area is 137 Å². The van der Waals surface area contributed by atoms with Crippen LogP contribution in [0.15, 0.2) is 48.5 Å². The molecule has 0 amide bonds. The minimum Gasteiger partial charge on any atom is -0.497 e. The van der Waals surface area contributed by atoms with Crippen LogP contribution >= 0.6 is 0 Å². The molecule has 0 bridgehead atoms. The van der Waals surface area contributed by atoms with Gasteiger partial charge in [0, 0.05) is 12.0 Å². The fourth-order valence-electron chi connectivity index (χ4n) is 2.38. The van der Waals surface area contributed by atoms with Crippen LogP contribution < -0.4 is 4.74 Å². The van der Waals surface area contributed by atoms with Crippen molar-refractivity contribution >= 4 is 11.6 Å². The third-order valence-corrected chi connectivity index (χ3v) is 3.80. The maximum Gasteiger partial charge on any atom is 0.170 e. The Bertz CT molecular complexity index is 654. The molecule has 2 rings (SSSR count). The Kier molecular flexibility index (Phi) is 6.10. The zero-order chi connectivity index (χ0) is 16.7. The van der Waals surface area contributed by atoms with E-state index in [0.29, 0.717) is 12.0 Å². The largest absolute Gasteiger partial charge is 0.497 e. The number of hydrogen-bond donors (Lipinski definition) is 0. The van der Waals surface area contributed by atoms with Crippen molar-refractivity contribution in [1.82, 2.24) is 0 Å². The lowest BCUT2D eigenvalue weighted by Crippen LogP contribution is -2.07. The molecule has 23 heavy (non-hydrogen) atoms. The molecule has 2 aromatic carbocycles. The van der Waals surface area contributed by atoms with Crippen molar-refractivity contribution in [2.75, 3.05) is 7.11 Å². The van der Waals surface area contributed by atoms with Crippen LogP contribution in [0.5, 0.6) is 5.75 Å². The predicted octanol–water partition coefficient (Wildman–Crippen LogP) is 4.69. The number of rotatable bonds is 8. The van der Waals surface area contributed by atoms with Gasteiger partial charge in [-0.05, 0) is 29.7 Å². The molecule has 0 aliphatic heterocycles. The molecule has 0 heterocycles. The van der Waals surface area contributed by atoms with Crippen LogP contribution in [-0.2, 0) is 4.79 Å². The lowest BCUT2D eigenvalue weighted by Gasteiger charge is -2.05. The second kappa shape index (κ2) is 8.28.